The third-order valence-electron chi connectivity index (χ3n) is 3.65. The van der Waals surface area contributed by atoms with Crippen molar-refractivity contribution in [2.24, 2.45) is 11.8 Å². The number of phenols is 2. The Morgan fingerprint density at radius 3 is 1.84 bits per heavy atom. The van der Waals surface area contributed by atoms with Gasteiger partial charge in [0.2, 0.25) is 0 Å². The smallest absolute Gasteiger partial charge is 0.125 e. The van der Waals surface area contributed by atoms with Crippen LogP contribution in [0.3, 0.4) is 0 Å². The molecule has 0 saturated heterocycles. The van der Waals surface area contributed by atoms with Crippen LogP contribution in [0, 0.1) is 18.8 Å². The van der Waals surface area contributed by atoms with Gasteiger partial charge in [0, 0.05) is 5.56 Å². The summed E-state index contributed by atoms with van der Waals surface area (Å²) >= 11 is 0. The number of hydrogen-bond acceptors (Lipinski definition) is 2. The van der Waals surface area contributed by atoms with Crippen LogP contribution in [-0.2, 0) is 12.8 Å². The van der Waals surface area contributed by atoms with Gasteiger partial charge < -0.3 is 10.2 Å². The third kappa shape index (κ3) is 4.45. The van der Waals surface area contributed by atoms with E-state index in [9.17, 15) is 10.2 Å². The van der Waals surface area contributed by atoms with E-state index >= 15 is 0 Å². The molecule has 0 aliphatic heterocycles. The zero-order valence-corrected chi connectivity index (χ0v) is 13.0. The van der Waals surface area contributed by atoms with E-state index in [1.54, 1.807) is 6.07 Å². The molecule has 0 aliphatic rings. The molecular formula is C17H28O2. The Bertz CT molecular complexity index is 384. The predicted octanol–water partition coefficient (Wildman–Crippen LogP) is 4.58. The second-order valence-electron chi connectivity index (χ2n) is 6.38. The first-order valence-corrected chi connectivity index (χ1v) is 7.36. The molecule has 2 nitrogen and oxygen atoms in total. The Balaban J connectivity index is 3.00. The highest BCUT2D eigenvalue weighted by Gasteiger charge is 2.15. The van der Waals surface area contributed by atoms with Crippen LogP contribution in [-0.4, -0.2) is 10.2 Å². The number of aryl methyl sites for hydroxylation is 1. The highest BCUT2D eigenvalue weighted by molar-refractivity contribution is 5.52. The van der Waals surface area contributed by atoms with Crippen LogP contribution < -0.4 is 0 Å². The molecule has 0 radical (unpaired) electrons. The molecule has 1 aromatic carbocycles. The van der Waals surface area contributed by atoms with Gasteiger partial charge in [-0.05, 0) is 61.6 Å². The SMILES string of the molecule is Cc1cc(O)c(CCC(C)C)c(O)c1CCC(C)C. The minimum absolute atomic E-state index is 0.240. The first kappa shape index (κ1) is 15.9. The summed E-state index contributed by atoms with van der Waals surface area (Å²) in [7, 11) is 0. The summed E-state index contributed by atoms with van der Waals surface area (Å²) in [5.74, 6) is 1.74. The summed E-state index contributed by atoms with van der Waals surface area (Å²) in [5, 5.41) is 20.4. The zero-order valence-electron chi connectivity index (χ0n) is 13.0. The summed E-state index contributed by atoms with van der Waals surface area (Å²) in [6, 6.07) is 1.80. The fourth-order valence-corrected chi connectivity index (χ4v) is 2.30. The monoisotopic (exact) mass is 264 g/mol. The van der Waals surface area contributed by atoms with E-state index in [0.717, 1.165) is 42.4 Å². The van der Waals surface area contributed by atoms with E-state index in [0.29, 0.717) is 17.6 Å². The van der Waals surface area contributed by atoms with Crippen molar-refractivity contribution in [2.75, 3.05) is 0 Å². The first-order valence-electron chi connectivity index (χ1n) is 7.36. The van der Waals surface area contributed by atoms with Crippen LogP contribution in [0.4, 0.5) is 0 Å². The molecule has 108 valence electrons. The van der Waals surface area contributed by atoms with E-state index < -0.39 is 0 Å². The molecule has 2 N–H and O–H groups in total. The van der Waals surface area contributed by atoms with Crippen LogP contribution in [0.5, 0.6) is 11.5 Å². The van der Waals surface area contributed by atoms with Gasteiger partial charge in [0.1, 0.15) is 11.5 Å². The Hall–Kier alpha value is -1.18. The van der Waals surface area contributed by atoms with Crippen molar-refractivity contribution in [1.82, 2.24) is 0 Å². The maximum Gasteiger partial charge on any atom is 0.125 e. The molecule has 1 aromatic rings. The summed E-state index contributed by atoms with van der Waals surface area (Å²) < 4.78 is 0. The van der Waals surface area contributed by atoms with Crippen molar-refractivity contribution in [3.05, 3.63) is 22.8 Å². The fourth-order valence-electron chi connectivity index (χ4n) is 2.30. The lowest BCUT2D eigenvalue weighted by Gasteiger charge is -2.16. The number of benzene rings is 1. The minimum Gasteiger partial charge on any atom is -0.508 e. The molecule has 0 unspecified atom stereocenters. The van der Waals surface area contributed by atoms with Crippen LogP contribution in [0.15, 0.2) is 6.07 Å². The second-order valence-corrected chi connectivity index (χ2v) is 6.38. The lowest BCUT2D eigenvalue weighted by atomic mass is 9.92. The number of phenolic OH excluding ortho intramolecular Hbond substituents is 2. The Kier molecular flexibility index (Phi) is 5.71. The molecule has 0 fully saturated rings. The molecule has 19 heavy (non-hydrogen) atoms. The van der Waals surface area contributed by atoms with Gasteiger partial charge in [0.15, 0.2) is 0 Å². The molecule has 0 saturated carbocycles. The largest absolute Gasteiger partial charge is 0.508 e. The van der Waals surface area contributed by atoms with Crippen LogP contribution >= 0.6 is 0 Å². The van der Waals surface area contributed by atoms with E-state index in [4.69, 9.17) is 0 Å². The summed E-state index contributed by atoms with van der Waals surface area (Å²) in [4.78, 5) is 0. The predicted molar refractivity (Wildman–Crippen MR) is 80.8 cm³/mol. The zero-order chi connectivity index (χ0) is 14.6. The van der Waals surface area contributed by atoms with E-state index in [1.807, 2.05) is 6.92 Å². The first-order chi connectivity index (χ1) is 8.82. The lowest BCUT2D eigenvalue weighted by Crippen LogP contribution is -2.00. The number of aromatic hydroxyl groups is 2. The van der Waals surface area contributed by atoms with Gasteiger partial charge in [-0.25, -0.2) is 0 Å². The van der Waals surface area contributed by atoms with Gasteiger partial charge in [0.25, 0.3) is 0 Å². The van der Waals surface area contributed by atoms with Crippen molar-refractivity contribution in [3.8, 4) is 11.5 Å². The highest BCUT2D eigenvalue weighted by Crippen LogP contribution is 2.36. The Morgan fingerprint density at radius 1 is 0.895 bits per heavy atom. The molecule has 1 rings (SSSR count). The van der Waals surface area contributed by atoms with E-state index in [1.165, 1.54) is 0 Å². The van der Waals surface area contributed by atoms with Gasteiger partial charge in [0.05, 0.1) is 0 Å². The molecule has 0 amide bonds. The van der Waals surface area contributed by atoms with Crippen molar-refractivity contribution >= 4 is 0 Å². The molecule has 0 aliphatic carbocycles. The van der Waals surface area contributed by atoms with Crippen molar-refractivity contribution in [1.29, 1.82) is 0 Å². The van der Waals surface area contributed by atoms with Gasteiger partial charge in [-0.2, -0.15) is 0 Å². The fraction of sp³-hybridized carbons (Fsp3) is 0.647. The molecule has 0 heterocycles. The van der Waals surface area contributed by atoms with Crippen molar-refractivity contribution < 1.29 is 10.2 Å². The quantitative estimate of drug-likeness (QED) is 0.789. The Morgan fingerprint density at radius 2 is 1.37 bits per heavy atom. The van der Waals surface area contributed by atoms with Crippen LogP contribution in [0.1, 0.15) is 57.2 Å². The van der Waals surface area contributed by atoms with Gasteiger partial charge >= 0.3 is 0 Å². The molecule has 0 aromatic heterocycles. The maximum absolute atomic E-state index is 10.4. The molecular weight excluding hydrogens is 236 g/mol. The molecule has 0 atom stereocenters. The molecule has 0 bridgehead atoms. The van der Waals surface area contributed by atoms with E-state index in [2.05, 4.69) is 27.7 Å². The van der Waals surface area contributed by atoms with Gasteiger partial charge in [-0.1, -0.05) is 27.7 Å². The number of rotatable bonds is 6. The summed E-state index contributed by atoms with van der Waals surface area (Å²) in [6.45, 7) is 10.6. The molecule has 2 heteroatoms. The summed E-state index contributed by atoms with van der Waals surface area (Å²) in [6.07, 6.45) is 3.66. The molecule has 0 spiro atoms. The van der Waals surface area contributed by atoms with Gasteiger partial charge in [-0.3, -0.25) is 0 Å². The average molecular weight is 264 g/mol. The van der Waals surface area contributed by atoms with Crippen molar-refractivity contribution in [2.45, 2.75) is 60.3 Å². The minimum atomic E-state index is 0.240. The summed E-state index contributed by atoms with van der Waals surface area (Å²) in [5.41, 5.74) is 2.72. The highest BCUT2D eigenvalue weighted by atomic mass is 16.3. The van der Waals surface area contributed by atoms with E-state index in [-0.39, 0.29) is 5.75 Å². The van der Waals surface area contributed by atoms with Gasteiger partial charge in [-0.15, -0.1) is 0 Å². The maximum atomic E-state index is 10.4. The van der Waals surface area contributed by atoms with Crippen molar-refractivity contribution in [3.63, 3.8) is 0 Å². The lowest BCUT2D eigenvalue weighted by molar-refractivity contribution is 0.425. The van der Waals surface area contributed by atoms with Crippen LogP contribution in [0.25, 0.3) is 0 Å². The third-order valence-corrected chi connectivity index (χ3v) is 3.65. The standard InChI is InChI=1S/C17H28O2/c1-11(2)6-8-14-13(5)10-16(18)15(17(14)19)9-7-12(3)4/h10-12,18-19H,6-9H2,1-5H3. The normalized spacial score (nSPS) is 11.5. The second kappa shape index (κ2) is 6.83. The van der Waals surface area contributed by atoms with Crippen LogP contribution in [0.2, 0.25) is 0 Å². The average Bonchev–Trinajstić information content (AvgIpc) is 2.27. The number of hydrogen-bond donors (Lipinski definition) is 2. The Labute approximate surface area is 117 Å². The topological polar surface area (TPSA) is 40.5 Å².